The highest BCUT2D eigenvalue weighted by atomic mass is 32.2. The highest BCUT2D eigenvalue weighted by Crippen LogP contribution is 2.30. The van der Waals surface area contributed by atoms with Crippen molar-refractivity contribution < 1.29 is 4.74 Å². The number of rotatable bonds is 5. The van der Waals surface area contributed by atoms with Gasteiger partial charge in [-0.05, 0) is 38.5 Å². The van der Waals surface area contributed by atoms with Crippen molar-refractivity contribution in [2.24, 2.45) is 0 Å². The molecule has 1 fully saturated rings. The summed E-state index contributed by atoms with van der Waals surface area (Å²) in [7, 11) is 0. The van der Waals surface area contributed by atoms with Crippen molar-refractivity contribution >= 4 is 17.6 Å². The monoisotopic (exact) mass is 252 g/mol. The summed E-state index contributed by atoms with van der Waals surface area (Å²) in [4.78, 5) is 4.44. The molecule has 1 aliphatic rings. The Balaban J connectivity index is 1.92. The highest BCUT2D eigenvalue weighted by Gasteiger charge is 2.23. The molecule has 0 saturated heterocycles. The van der Waals surface area contributed by atoms with Gasteiger partial charge >= 0.3 is 0 Å². The van der Waals surface area contributed by atoms with E-state index in [-0.39, 0.29) is 0 Å². The van der Waals surface area contributed by atoms with Crippen LogP contribution in [0.25, 0.3) is 0 Å². The van der Waals surface area contributed by atoms with Gasteiger partial charge in [0.05, 0.1) is 6.61 Å². The van der Waals surface area contributed by atoms with Gasteiger partial charge in [-0.1, -0.05) is 6.07 Å². The lowest BCUT2D eigenvalue weighted by Crippen LogP contribution is -2.16. The predicted octanol–water partition coefficient (Wildman–Crippen LogP) is 3.18. The quantitative estimate of drug-likeness (QED) is 0.872. The Morgan fingerprint density at radius 3 is 3.06 bits per heavy atom. The molecule has 1 saturated carbocycles. The van der Waals surface area contributed by atoms with Crippen LogP contribution in [0.2, 0.25) is 0 Å². The van der Waals surface area contributed by atoms with Gasteiger partial charge in [-0.2, -0.15) is 16.7 Å². The van der Waals surface area contributed by atoms with E-state index in [0.29, 0.717) is 18.5 Å². The second-order valence-electron chi connectivity index (χ2n) is 4.31. The van der Waals surface area contributed by atoms with E-state index in [2.05, 4.69) is 16.6 Å². The zero-order chi connectivity index (χ0) is 12.1. The molecule has 0 aromatic carbocycles. The molecule has 0 aliphatic heterocycles. The van der Waals surface area contributed by atoms with Gasteiger partial charge in [0.15, 0.2) is 0 Å². The maximum Gasteiger partial charge on any atom is 0.215 e. The Hall–Kier alpha value is -0.900. The third kappa shape index (κ3) is 3.53. The summed E-state index contributed by atoms with van der Waals surface area (Å²) < 4.78 is 5.40. The van der Waals surface area contributed by atoms with Crippen molar-refractivity contribution in [3.05, 3.63) is 18.2 Å². The van der Waals surface area contributed by atoms with Gasteiger partial charge in [0.1, 0.15) is 5.82 Å². The first kappa shape index (κ1) is 12.6. The molecule has 0 spiro atoms. The number of hydrogen-bond donors (Lipinski definition) is 1. The lowest BCUT2D eigenvalue weighted by Gasteiger charge is -2.14. The molecular formula is C13H20N2OS. The molecule has 3 nitrogen and oxygen atoms in total. The minimum Gasteiger partial charge on any atom is -0.478 e. The van der Waals surface area contributed by atoms with Crippen LogP contribution in [0, 0.1) is 0 Å². The molecule has 1 aliphatic carbocycles. The summed E-state index contributed by atoms with van der Waals surface area (Å²) >= 11 is 1.97. The van der Waals surface area contributed by atoms with Crippen LogP contribution in [0.3, 0.4) is 0 Å². The van der Waals surface area contributed by atoms with Gasteiger partial charge in [0, 0.05) is 17.4 Å². The fourth-order valence-electron chi connectivity index (χ4n) is 2.22. The van der Waals surface area contributed by atoms with E-state index in [0.717, 1.165) is 11.1 Å². The number of nitrogens with zero attached hydrogens (tertiary/aromatic N) is 1. The Morgan fingerprint density at radius 2 is 2.35 bits per heavy atom. The summed E-state index contributed by atoms with van der Waals surface area (Å²) in [5, 5.41) is 4.31. The summed E-state index contributed by atoms with van der Waals surface area (Å²) in [6.07, 6.45) is 5.98. The second kappa shape index (κ2) is 6.15. The molecule has 4 heteroatoms. The largest absolute Gasteiger partial charge is 0.478 e. The molecule has 1 aromatic rings. The van der Waals surface area contributed by atoms with Crippen LogP contribution in [0.1, 0.15) is 26.2 Å². The third-order valence-corrected chi connectivity index (χ3v) is 4.18. The lowest BCUT2D eigenvalue weighted by molar-refractivity contribution is 0.327. The van der Waals surface area contributed by atoms with Crippen LogP contribution in [0.5, 0.6) is 5.88 Å². The predicted molar refractivity (Wildman–Crippen MR) is 74.0 cm³/mol. The second-order valence-corrected chi connectivity index (χ2v) is 5.44. The van der Waals surface area contributed by atoms with E-state index >= 15 is 0 Å². The first-order chi connectivity index (χ1) is 8.31. The number of aromatic nitrogens is 1. The topological polar surface area (TPSA) is 34.1 Å². The third-order valence-electron chi connectivity index (χ3n) is 3.09. The van der Waals surface area contributed by atoms with E-state index in [1.165, 1.54) is 19.3 Å². The Kier molecular flexibility index (Phi) is 4.54. The Labute approximate surface area is 107 Å². The van der Waals surface area contributed by atoms with Crippen LogP contribution in [-0.4, -0.2) is 29.1 Å². The van der Waals surface area contributed by atoms with E-state index in [1.807, 2.05) is 36.9 Å². The minimum absolute atomic E-state index is 0.567. The first-order valence-corrected chi connectivity index (χ1v) is 7.49. The van der Waals surface area contributed by atoms with Crippen LogP contribution in [0.15, 0.2) is 18.2 Å². The van der Waals surface area contributed by atoms with Crippen LogP contribution in [0.4, 0.5) is 5.82 Å². The Morgan fingerprint density at radius 1 is 1.47 bits per heavy atom. The highest BCUT2D eigenvalue weighted by molar-refractivity contribution is 7.99. The van der Waals surface area contributed by atoms with Crippen molar-refractivity contribution in [1.29, 1.82) is 0 Å². The molecule has 2 unspecified atom stereocenters. The smallest absolute Gasteiger partial charge is 0.215 e. The van der Waals surface area contributed by atoms with Gasteiger partial charge in [-0.15, -0.1) is 0 Å². The standard InChI is InChI=1S/C13H20N2OS/c1-3-16-13-6-4-5-12(15-13)14-10-7-8-11(9-10)17-2/h4-6,10-11H,3,7-9H2,1-2H3,(H,14,15). The number of nitrogens with one attached hydrogen (secondary N) is 1. The van der Waals surface area contributed by atoms with Crippen molar-refractivity contribution in [2.45, 2.75) is 37.5 Å². The molecule has 94 valence electrons. The van der Waals surface area contributed by atoms with Gasteiger partial charge in [-0.25, -0.2) is 0 Å². The molecule has 1 heterocycles. The first-order valence-electron chi connectivity index (χ1n) is 6.21. The minimum atomic E-state index is 0.567. The van der Waals surface area contributed by atoms with Gasteiger partial charge in [-0.3, -0.25) is 0 Å². The average molecular weight is 252 g/mol. The SMILES string of the molecule is CCOc1cccc(NC2CCC(SC)C2)n1. The van der Waals surface area contributed by atoms with Gasteiger partial charge < -0.3 is 10.1 Å². The molecule has 2 rings (SSSR count). The van der Waals surface area contributed by atoms with Crippen LogP contribution in [-0.2, 0) is 0 Å². The molecule has 1 aromatic heterocycles. The maximum absolute atomic E-state index is 5.40. The number of anilines is 1. The van der Waals surface area contributed by atoms with Crippen LogP contribution >= 0.6 is 11.8 Å². The van der Waals surface area contributed by atoms with Crippen molar-refractivity contribution in [3.8, 4) is 5.88 Å². The molecule has 0 amide bonds. The molecule has 1 N–H and O–H groups in total. The fraction of sp³-hybridized carbons (Fsp3) is 0.615. The van der Waals surface area contributed by atoms with Crippen molar-refractivity contribution in [2.75, 3.05) is 18.2 Å². The molecule has 17 heavy (non-hydrogen) atoms. The van der Waals surface area contributed by atoms with Gasteiger partial charge in [0.25, 0.3) is 0 Å². The molecular weight excluding hydrogens is 232 g/mol. The maximum atomic E-state index is 5.40. The average Bonchev–Trinajstić information content (AvgIpc) is 2.78. The normalized spacial score (nSPS) is 23.6. The van der Waals surface area contributed by atoms with Crippen LogP contribution < -0.4 is 10.1 Å². The zero-order valence-electron chi connectivity index (χ0n) is 10.5. The molecule has 0 bridgehead atoms. The van der Waals surface area contributed by atoms with Crippen molar-refractivity contribution in [1.82, 2.24) is 4.98 Å². The summed E-state index contributed by atoms with van der Waals surface area (Å²) in [6.45, 7) is 2.64. The van der Waals surface area contributed by atoms with E-state index in [4.69, 9.17) is 4.74 Å². The number of pyridine rings is 1. The van der Waals surface area contributed by atoms with E-state index < -0.39 is 0 Å². The number of thioether (sulfide) groups is 1. The lowest BCUT2D eigenvalue weighted by atomic mass is 10.2. The fourth-order valence-corrected chi connectivity index (χ4v) is 3.01. The Bertz CT molecular complexity index is 359. The molecule has 0 radical (unpaired) electrons. The molecule has 2 atom stereocenters. The van der Waals surface area contributed by atoms with Crippen molar-refractivity contribution in [3.63, 3.8) is 0 Å². The number of hydrogen-bond acceptors (Lipinski definition) is 4. The van der Waals surface area contributed by atoms with E-state index in [1.54, 1.807) is 0 Å². The summed E-state index contributed by atoms with van der Waals surface area (Å²) in [5.41, 5.74) is 0. The zero-order valence-corrected chi connectivity index (χ0v) is 11.3. The summed E-state index contributed by atoms with van der Waals surface area (Å²) in [5.74, 6) is 1.64. The summed E-state index contributed by atoms with van der Waals surface area (Å²) in [6, 6.07) is 6.46. The number of ether oxygens (including phenoxy) is 1. The van der Waals surface area contributed by atoms with Gasteiger partial charge in [0.2, 0.25) is 5.88 Å². The van der Waals surface area contributed by atoms with E-state index in [9.17, 15) is 0 Å².